The SMILES string of the molecule is COC(=O)c1cccc(Cl)c1-c1ccco1. The summed E-state index contributed by atoms with van der Waals surface area (Å²) >= 11 is 6.05. The molecule has 1 heterocycles. The number of carbonyl (C=O) groups excluding carboxylic acids is 1. The van der Waals surface area contributed by atoms with E-state index in [0.29, 0.717) is 21.9 Å². The van der Waals surface area contributed by atoms with Gasteiger partial charge in [0.2, 0.25) is 0 Å². The van der Waals surface area contributed by atoms with E-state index in [2.05, 4.69) is 0 Å². The van der Waals surface area contributed by atoms with Gasteiger partial charge in [-0.3, -0.25) is 0 Å². The lowest BCUT2D eigenvalue weighted by molar-refractivity contribution is 0.0601. The average molecular weight is 237 g/mol. The lowest BCUT2D eigenvalue weighted by Gasteiger charge is -2.07. The van der Waals surface area contributed by atoms with E-state index in [0.717, 1.165) is 0 Å². The maximum absolute atomic E-state index is 11.6. The summed E-state index contributed by atoms with van der Waals surface area (Å²) in [5, 5.41) is 0.456. The van der Waals surface area contributed by atoms with Gasteiger partial charge in [0.1, 0.15) is 5.76 Å². The summed E-state index contributed by atoms with van der Waals surface area (Å²) in [6, 6.07) is 8.52. The molecule has 0 unspecified atom stereocenters. The van der Waals surface area contributed by atoms with Crippen molar-refractivity contribution in [3.05, 3.63) is 47.2 Å². The Balaban J connectivity index is 2.62. The molecule has 0 saturated heterocycles. The van der Waals surface area contributed by atoms with E-state index in [4.69, 9.17) is 20.8 Å². The second kappa shape index (κ2) is 4.41. The highest BCUT2D eigenvalue weighted by Crippen LogP contribution is 2.31. The molecule has 4 heteroatoms. The second-order valence-electron chi connectivity index (χ2n) is 3.13. The van der Waals surface area contributed by atoms with Crippen LogP contribution in [0.25, 0.3) is 11.3 Å². The molecule has 0 bridgehead atoms. The van der Waals surface area contributed by atoms with Crippen LogP contribution in [0.5, 0.6) is 0 Å². The van der Waals surface area contributed by atoms with Gasteiger partial charge in [0, 0.05) is 0 Å². The summed E-state index contributed by atoms with van der Waals surface area (Å²) in [6.45, 7) is 0. The molecule has 1 aromatic carbocycles. The molecule has 2 rings (SSSR count). The van der Waals surface area contributed by atoms with Crippen LogP contribution in [0, 0.1) is 0 Å². The molecule has 0 fully saturated rings. The number of hydrogen-bond donors (Lipinski definition) is 0. The van der Waals surface area contributed by atoms with Crippen LogP contribution in [0.3, 0.4) is 0 Å². The number of benzene rings is 1. The first-order valence-electron chi connectivity index (χ1n) is 4.64. The molecule has 0 aliphatic carbocycles. The summed E-state index contributed by atoms with van der Waals surface area (Å²) in [6.07, 6.45) is 1.53. The average Bonchev–Trinajstić information content (AvgIpc) is 2.81. The van der Waals surface area contributed by atoms with Crippen molar-refractivity contribution in [2.75, 3.05) is 7.11 Å². The van der Waals surface area contributed by atoms with Crippen LogP contribution in [-0.2, 0) is 4.74 Å². The smallest absolute Gasteiger partial charge is 0.338 e. The van der Waals surface area contributed by atoms with Crippen LogP contribution in [0.1, 0.15) is 10.4 Å². The Morgan fingerprint density at radius 3 is 2.75 bits per heavy atom. The number of esters is 1. The predicted molar refractivity (Wildman–Crippen MR) is 60.5 cm³/mol. The van der Waals surface area contributed by atoms with Crippen LogP contribution in [0.4, 0.5) is 0 Å². The van der Waals surface area contributed by atoms with Crippen LogP contribution < -0.4 is 0 Å². The van der Waals surface area contributed by atoms with Gasteiger partial charge in [0.15, 0.2) is 0 Å². The van der Waals surface area contributed by atoms with E-state index in [-0.39, 0.29) is 0 Å². The zero-order chi connectivity index (χ0) is 11.5. The number of methoxy groups -OCH3 is 1. The number of furan rings is 1. The van der Waals surface area contributed by atoms with E-state index in [1.807, 2.05) is 0 Å². The van der Waals surface area contributed by atoms with Crippen LogP contribution in [0.15, 0.2) is 41.0 Å². The van der Waals surface area contributed by atoms with E-state index >= 15 is 0 Å². The molecule has 0 saturated carbocycles. The first-order valence-corrected chi connectivity index (χ1v) is 5.02. The minimum absolute atomic E-state index is 0.393. The minimum atomic E-state index is -0.436. The molecule has 2 aromatic rings. The maximum Gasteiger partial charge on any atom is 0.338 e. The van der Waals surface area contributed by atoms with Gasteiger partial charge in [-0.1, -0.05) is 17.7 Å². The Bertz CT molecular complexity index is 503. The van der Waals surface area contributed by atoms with Gasteiger partial charge in [0.05, 0.1) is 29.5 Å². The molecule has 0 atom stereocenters. The Hall–Kier alpha value is -1.74. The second-order valence-corrected chi connectivity index (χ2v) is 3.54. The zero-order valence-electron chi connectivity index (χ0n) is 8.57. The quantitative estimate of drug-likeness (QED) is 0.751. The highest BCUT2D eigenvalue weighted by molar-refractivity contribution is 6.34. The fraction of sp³-hybridized carbons (Fsp3) is 0.0833. The highest BCUT2D eigenvalue weighted by atomic mass is 35.5. The Morgan fingerprint density at radius 1 is 1.31 bits per heavy atom. The van der Waals surface area contributed by atoms with Crippen molar-refractivity contribution >= 4 is 17.6 Å². The van der Waals surface area contributed by atoms with Gasteiger partial charge in [-0.2, -0.15) is 0 Å². The van der Waals surface area contributed by atoms with Crippen molar-refractivity contribution in [3.8, 4) is 11.3 Å². The lowest BCUT2D eigenvalue weighted by atomic mass is 10.1. The van der Waals surface area contributed by atoms with Gasteiger partial charge >= 0.3 is 5.97 Å². The summed E-state index contributed by atoms with van der Waals surface area (Å²) in [4.78, 5) is 11.6. The van der Waals surface area contributed by atoms with Gasteiger partial charge in [-0.25, -0.2) is 4.79 Å². The van der Waals surface area contributed by atoms with E-state index in [9.17, 15) is 4.79 Å². The fourth-order valence-electron chi connectivity index (χ4n) is 1.48. The summed E-state index contributed by atoms with van der Waals surface area (Å²) < 4.78 is 9.93. The van der Waals surface area contributed by atoms with Gasteiger partial charge in [-0.05, 0) is 24.3 Å². The summed E-state index contributed by atoms with van der Waals surface area (Å²) in [7, 11) is 1.33. The number of rotatable bonds is 2. The normalized spacial score (nSPS) is 10.1. The van der Waals surface area contributed by atoms with Crippen molar-refractivity contribution in [2.45, 2.75) is 0 Å². The molecule has 82 valence electrons. The van der Waals surface area contributed by atoms with Gasteiger partial charge < -0.3 is 9.15 Å². The molecular formula is C12H9ClO3. The predicted octanol–water partition coefficient (Wildman–Crippen LogP) is 3.39. The van der Waals surface area contributed by atoms with Crippen LogP contribution in [0.2, 0.25) is 5.02 Å². The van der Waals surface area contributed by atoms with Crippen molar-refractivity contribution < 1.29 is 13.9 Å². The molecule has 0 spiro atoms. The topological polar surface area (TPSA) is 39.4 Å². The van der Waals surface area contributed by atoms with Gasteiger partial charge in [-0.15, -0.1) is 0 Å². The zero-order valence-corrected chi connectivity index (χ0v) is 9.32. The molecule has 1 aromatic heterocycles. The Labute approximate surface area is 97.6 Å². The fourth-order valence-corrected chi connectivity index (χ4v) is 1.74. The third kappa shape index (κ3) is 1.82. The largest absolute Gasteiger partial charge is 0.465 e. The minimum Gasteiger partial charge on any atom is -0.465 e. The molecule has 0 amide bonds. The van der Waals surface area contributed by atoms with Crippen molar-refractivity contribution in [1.29, 1.82) is 0 Å². The number of carbonyl (C=O) groups is 1. The molecule has 0 aliphatic rings. The van der Waals surface area contributed by atoms with E-state index in [1.54, 1.807) is 30.3 Å². The van der Waals surface area contributed by atoms with Crippen molar-refractivity contribution in [3.63, 3.8) is 0 Å². The lowest BCUT2D eigenvalue weighted by Crippen LogP contribution is -2.03. The monoisotopic (exact) mass is 236 g/mol. The van der Waals surface area contributed by atoms with E-state index in [1.165, 1.54) is 13.4 Å². The van der Waals surface area contributed by atoms with Gasteiger partial charge in [0.25, 0.3) is 0 Å². The third-order valence-electron chi connectivity index (χ3n) is 2.19. The molecule has 16 heavy (non-hydrogen) atoms. The molecule has 0 N–H and O–H groups in total. The third-order valence-corrected chi connectivity index (χ3v) is 2.50. The molecule has 3 nitrogen and oxygen atoms in total. The van der Waals surface area contributed by atoms with Crippen LogP contribution >= 0.6 is 11.6 Å². The van der Waals surface area contributed by atoms with E-state index < -0.39 is 5.97 Å². The van der Waals surface area contributed by atoms with Crippen molar-refractivity contribution in [1.82, 2.24) is 0 Å². The molecular weight excluding hydrogens is 228 g/mol. The summed E-state index contributed by atoms with van der Waals surface area (Å²) in [5.41, 5.74) is 0.950. The first kappa shape index (κ1) is 10.8. The summed E-state index contributed by atoms with van der Waals surface area (Å²) in [5.74, 6) is 0.111. The Morgan fingerprint density at radius 2 is 2.12 bits per heavy atom. The molecule has 0 aliphatic heterocycles. The number of hydrogen-bond acceptors (Lipinski definition) is 3. The standard InChI is InChI=1S/C12H9ClO3/c1-15-12(14)8-4-2-5-9(13)11(8)10-6-3-7-16-10/h2-7H,1H3. The van der Waals surface area contributed by atoms with Crippen LogP contribution in [-0.4, -0.2) is 13.1 Å². The number of halogens is 1. The number of ether oxygens (including phenoxy) is 1. The highest BCUT2D eigenvalue weighted by Gasteiger charge is 2.17. The van der Waals surface area contributed by atoms with Crippen molar-refractivity contribution in [2.24, 2.45) is 0 Å². The maximum atomic E-state index is 11.6. The first-order chi connectivity index (χ1) is 7.74. The Kier molecular flexibility index (Phi) is 2.97. The molecule has 0 radical (unpaired) electrons.